The molecule has 0 saturated heterocycles. The molecule has 54 valence electrons. The molecule has 0 saturated carbocycles. The minimum absolute atomic E-state index is 0. The Morgan fingerprint density at radius 1 is 1.38 bits per heavy atom. The lowest BCUT2D eigenvalue weighted by Gasteiger charge is -1.90. The molecule has 0 unspecified atom stereocenters. The first-order valence-corrected chi connectivity index (χ1v) is 2.26. The fourth-order valence-electron chi connectivity index (χ4n) is 0.279. The average molecular weight is 161 g/mol. The minimum Gasteiger partial charge on any atom is -0.330 e. The van der Waals surface area contributed by atoms with Crippen molar-refractivity contribution in [2.75, 3.05) is 20.1 Å². The summed E-state index contributed by atoms with van der Waals surface area (Å²) in [6.45, 7) is 1.83. The molecule has 0 spiro atoms. The molecule has 0 amide bonds. The van der Waals surface area contributed by atoms with Crippen LogP contribution < -0.4 is 11.1 Å². The van der Waals surface area contributed by atoms with E-state index < -0.39 is 0 Å². The summed E-state index contributed by atoms with van der Waals surface area (Å²) in [5.74, 6) is 0. The van der Waals surface area contributed by atoms with Crippen LogP contribution in [0.5, 0.6) is 0 Å². The number of nitrogens with two attached hydrogens (primary N) is 1. The van der Waals surface area contributed by atoms with Gasteiger partial charge in [0.15, 0.2) is 0 Å². The van der Waals surface area contributed by atoms with E-state index in [1.807, 2.05) is 7.05 Å². The summed E-state index contributed by atoms with van der Waals surface area (Å²) >= 11 is 0. The molecule has 0 aromatic rings. The Morgan fingerprint density at radius 3 is 2.00 bits per heavy atom. The predicted molar refractivity (Wildman–Crippen MR) is 42.1 cm³/mol. The van der Waals surface area contributed by atoms with Crippen molar-refractivity contribution in [3.63, 3.8) is 0 Å². The molecule has 0 aliphatic carbocycles. The molecule has 3 N–H and O–H groups in total. The van der Waals surface area contributed by atoms with Gasteiger partial charge < -0.3 is 11.1 Å². The van der Waals surface area contributed by atoms with Crippen LogP contribution in [0, 0.1) is 0 Å². The molecule has 0 atom stereocenters. The zero-order valence-electron chi connectivity index (χ0n) is 5.02. The smallest absolute Gasteiger partial charge is 0.00399 e. The lowest BCUT2D eigenvalue weighted by atomic mass is 10.4. The third-order valence-corrected chi connectivity index (χ3v) is 0.631. The van der Waals surface area contributed by atoms with Gasteiger partial charge in [0, 0.05) is 0 Å². The van der Waals surface area contributed by atoms with E-state index in [1.54, 1.807) is 0 Å². The fourth-order valence-corrected chi connectivity index (χ4v) is 0.279. The van der Waals surface area contributed by atoms with E-state index >= 15 is 0 Å². The lowest BCUT2D eigenvalue weighted by Crippen LogP contribution is -2.12. The zero-order chi connectivity index (χ0) is 4.83. The molecule has 0 aliphatic rings. The highest BCUT2D eigenvalue weighted by Crippen LogP contribution is 1.63. The van der Waals surface area contributed by atoms with E-state index in [2.05, 4.69) is 5.32 Å². The lowest BCUT2D eigenvalue weighted by molar-refractivity contribution is 0.733. The quantitative estimate of drug-likeness (QED) is 0.588. The monoisotopic (exact) mass is 160 g/mol. The number of nitrogens with one attached hydrogen (secondary N) is 1. The fraction of sp³-hybridized carbons (Fsp3) is 1.00. The largest absolute Gasteiger partial charge is 0.330 e. The molecule has 0 aromatic carbocycles. The molecule has 0 radical (unpaired) electrons. The molecule has 0 bridgehead atoms. The van der Waals surface area contributed by atoms with Crippen molar-refractivity contribution in [3.8, 4) is 0 Å². The minimum atomic E-state index is 0. The molecule has 0 aromatic heterocycles. The first-order valence-electron chi connectivity index (χ1n) is 2.26. The Bertz CT molecular complexity index is 24.0. The molecular weight excluding hydrogens is 147 g/mol. The first kappa shape index (κ1) is 15.8. The molecular formula is C4H14Cl2N2. The van der Waals surface area contributed by atoms with Crippen LogP contribution in [0.2, 0.25) is 0 Å². The van der Waals surface area contributed by atoms with Crippen molar-refractivity contribution in [3.05, 3.63) is 0 Å². The second-order valence-electron chi connectivity index (χ2n) is 1.25. The third kappa shape index (κ3) is 16.1. The van der Waals surface area contributed by atoms with Gasteiger partial charge in [-0.2, -0.15) is 0 Å². The van der Waals surface area contributed by atoms with Crippen LogP contribution in [-0.4, -0.2) is 20.1 Å². The van der Waals surface area contributed by atoms with Gasteiger partial charge in [0.2, 0.25) is 0 Å². The van der Waals surface area contributed by atoms with E-state index in [9.17, 15) is 0 Å². The third-order valence-electron chi connectivity index (χ3n) is 0.631. The molecule has 0 aliphatic heterocycles. The van der Waals surface area contributed by atoms with Gasteiger partial charge in [-0.1, -0.05) is 0 Å². The van der Waals surface area contributed by atoms with Crippen molar-refractivity contribution < 1.29 is 0 Å². The Balaban J connectivity index is -0.000000125. The van der Waals surface area contributed by atoms with Gasteiger partial charge in [0.25, 0.3) is 0 Å². The summed E-state index contributed by atoms with van der Waals surface area (Å²) in [6, 6.07) is 0. The van der Waals surface area contributed by atoms with E-state index in [-0.39, 0.29) is 24.8 Å². The predicted octanol–water partition coefficient (Wildman–Crippen LogP) is 0.398. The maximum absolute atomic E-state index is 5.17. The van der Waals surface area contributed by atoms with Crippen LogP contribution in [0.3, 0.4) is 0 Å². The Hall–Kier alpha value is 0.500. The topological polar surface area (TPSA) is 38.0 Å². The highest BCUT2D eigenvalue weighted by Gasteiger charge is 1.73. The van der Waals surface area contributed by atoms with E-state index in [0.717, 1.165) is 19.5 Å². The average Bonchev–Trinajstić information content (AvgIpc) is 1.61. The Labute approximate surface area is 63.0 Å². The van der Waals surface area contributed by atoms with Crippen molar-refractivity contribution in [1.29, 1.82) is 0 Å². The van der Waals surface area contributed by atoms with Gasteiger partial charge in [-0.15, -0.1) is 24.8 Å². The molecule has 0 fully saturated rings. The SMILES string of the molecule is CNCCCN.Cl.Cl. The summed E-state index contributed by atoms with van der Waals surface area (Å²) in [5.41, 5.74) is 5.17. The van der Waals surface area contributed by atoms with Crippen LogP contribution in [-0.2, 0) is 0 Å². The summed E-state index contributed by atoms with van der Waals surface area (Å²) in [7, 11) is 1.93. The first-order chi connectivity index (χ1) is 2.91. The summed E-state index contributed by atoms with van der Waals surface area (Å²) in [6.07, 6.45) is 1.08. The van der Waals surface area contributed by atoms with Crippen LogP contribution in [0.15, 0.2) is 0 Å². The number of hydrogen-bond donors (Lipinski definition) is 2. The summed E-state index contributed by atoms with van der Waals surface area (Å²) < 4.78 is 0. The van der Waals surface area contributed by atoms with E-state index in [1.165, 1.54) is 0 Å². The standard InChI is InChI=1S/C4H12N2.2ClH/c1-6-4-2-3-5;;/h6H,2-5H2,1H3;2*1H. The van der Waals surface area contributed by atoms with Crippen LogP contribution in [0.4, 0.5) is 0 Å². The van der Waals surface area contributed by atoms with Crippen LogP contribution in [0.1, 0.15) is 6.42 Å². The van der Waals surface area contributed by atoms with Gasteiger partial charge in [-0.3, -0.25) is 0 Å². The molecule has 2 nitrogen and oxygen atoms in total. The molecule has 4 heteroatoms. The summed E-state index contributed by atoms with van der Waals surface area (Å²) in [4.78, 5) is 0. The normalized spacial score (nSPS) is 6.75. The maximum atomic E-state index is 5.17. The Morgan fingerprint density at radius 2 is 1.88 bits per heavy atom. The van der Waals surface area contributed by atoms with Gasteiger partial charge >= 0.3 is 0 Å². The van der Waals surface area contributed by atoms with Crippen molar-refractivity contribution >= 4 is 24.8 Å². The van der Waals surface area contributed by atoms with Crippen LogP contribution in [0.25, 0.3) is 0 Å². The highest BCUT2D eigenvalue weighted by molar-refractivity contribution is 5.85. The van der Waals surface area contributed by atoms with Gasteiger partial charge in [-0.05, 0) is 26.6 Å². The van der Waals surface area contributed by atoms with Gasteiger partial charge in [0.05, 0.1) is 0 Å². The van der Waals surface area contributed by atoms with Crippen LogP contribution >= 0.6 is 24.8 Å². The van der Waals surface area contributed by atoms with Gasteiger partial charge in [0.1, 0.15) is 0 Å². The molecule has 0 rings (SSSR count). The van der Waals surface area contributed by atoms with E-state index in [0.29, 0.717) is 0 Å². The number of rotatable bonds is 3. The van der Waals surface area contributed by atoms with Gasteiger partial charge in [-0.25, -0.2) is 0 Å². The second-order valence-corrected chi connectivity index (χ2v) is 1.25. The summed E-state index contributed by atoms with van der Waals surface area (Å²) in [5, 5.41) is 2.99. The molecule has 0 heterocycles. The Kier molecular flexibility index (Phi) is 30.9. The zero-order valence-corrected chi connectivity index (χ0v) is 6.65. The number of halogens is 2. The van der Waals surface area contributed by atoms with Crippen molar-refractivity contribution in [1.82, 2.24) is 5.32 Å². The number of hydrogen-bond acceptors (Lipinski definition) is 2. The maximum Gasteiger partial charge on any atom is -0.00399 e. The van der Waals surface area contributed by atoms with Crippen molar-refractivity contribution in [2.45, 2.75) is 6.42 Å². The molecule has 8 heavy (non-hydrogen) atoms. The second kappa shape index (κ2) is 15.6. The van der Waals surface area contributed by atoms with E-state index in [4.69, 9.17) is 5.73 Å². The highest BCUT2D eigenvalue weighted by atomic mass is 35.5. The van der Waals surface area contributed by atoms with Crippen molar-refractivity contribution in [2.24, 2.45) is 5.73 Å².